The number of carbonyl (C=O) groups excluding carboxylic acids is 1. The van der Waals surface area contributed by atoms with Gasteiger partial charge in [0.15, 0.2) is 0 Å². The fraction of sp³-hybridized carbons (Fsp3) is 0.278. The van der Waals surface area contributed by atoms with Crippen molar-refractivity contribution >= 4 is 11.6 Å². The third-order valence-electron chi connectivity index (χ3n) is 3.80. The van der Waals surface area contributed by atoms with Gasteiger partial charge in [0.25, 0.3) is 0 Å². The van der Waals surface area contributed by atoms with E-state index < -0.39 is 0 Å². The molecule has 1 aliphatic rings. The van der Waals surface area contributed by atoms with Crippen molar-refractivity contribution in [2.24, 2.45) is 5.92 Å². The fourth-order valence-electron chi connectivity index (χ4n) is 2.53. The van der Waals surface area contributed by atoms with Crippen molar-refractivity contribution in [1.82, 2.24) is 5.43 Å². The molecule has 4 nitrogen and oxygen atoms in total. The number of amides is 1. The number of carbonyl (C=O) groups is 1. The van der Waals surface area contributed by atoms with Crippen molar-refractivity contribution in [3.8, 4) is 0 Å². The number of nitrogens with one attached hydrogen (secondary N) is 1. The predicted molar refractivity (Wildman–Crippen MR) is 86.1 cm³/mol. The summed E-state index contributed by atoms with van der Waals surface area (Å²) >= 11 is 0. The van der Waals surface area contributed by atoms with E-state index in [2.05, 4.69) is 17.6 Å². The summed E-state index contributed by atoms with van der Waals surface area (Å²) in [5, 5.41) is 1.90. The van der Waals surface area contributed by atoms with Crippen LogP contribution in [0.25, 0.3) is 0 Å². The van der Waals surface area contributed by atoms with Crippen molar-refractivity contribution in [2.75, 3.05) is 18.2 Å². The van der Waals surface area contributed by atoms with Gasteiger partial charge in [-0.1, -0.05) is 48.5 Å². The molecule has 2 aromatic rings. The Morgan fingerprint density at radius 2 is 1.77 bits per heavy atom. The molecular weight excluding hydrogens is 276 g/mol. The van der Waals surface area contributed by atoms with Crippen LogP contribution in [-0.2, 0) is 16.1 Å². The molecule has 1 saturated heterocycles. The van der Waals surface area contributed by atoms with Crippen LogP contribution < -0.4 is 10.4 Å². The van der Waals surface area contributed by atoms with Crippen LogP contribution in [0.2, 0.25) is 0 Å². The summed E-state index contributed by atoms with van der Waals surface area (Å²) in [6.07, 6.45) is 0.791. The van der Waals surface area contributed by atoms with Crippen LogP contribution in [0.3, 0.4) is 0 Å². The highest BCUT2D eigenvalue weighted by Crippen LogP contribution is 2.17. The SMILES string of the molecule is O=C(NN(Cc1ccccc1)c1ccccc1)C1CCOC1. The molecule has 1 fully saturated rings. The molecule has 0 saturated carbocycles. The molecule has 0 spiro atoms. The topological polar surface area (TPSA) is 41.6 Å². The fourth-order valence-corrected chi connectivity index (χ4v) is 2.53. The lowest BCUT2D eigenvalue weighted by atomic mass is 10.1. The van der Waals surface area contributed by atoms with Crippen LogP contribution in [0.15, 0.2) is 60.7 Å². The minimum atomic E-state index is -0.0537. The van der Waals surface area contributed by atoms with Crippen LogP contribution in [0.1, 0.15) is 12.0 Å². The first kappa shape index (κ1) is 14.6. The van der Waals surface area contributed by atoms with E-state index in [0.717, 1.165) is 17.7 Å². The summed E-state index contributed by atoms with van der Waals surface area (Å²) in [6, 6.07) is 20.0. The number of para-hydroxylation sites is 1. The molecule has 1 aliphatic heterocycles. The number of nitrogens with zero attached hydrogens (tertiary/aromatic N) is 1. The van der Waals surface area contributed by atoms with Gasteiger partial charge in [-0.15, -0.1) is 0 Å². The Morgan fingerprint density at radius 1 is 1.09 bits per heavy atom. The maximum Gasteiger partial charge on any atom is 0.244 e. The van der Waals surface area contributed by atoms with Gasteiger partial charge in [0, 0.05) is 6.61 Å². The Bertz CT molecular complexity index is 595. The molecule has 2 aromatic carbocycles. The number of hydrogen-bond acceptors (Lipinski definition) is 3. The van der Waals surface area contributed by atoms with Gasteiger partial charge in [0.05, 0.1) is 24.8 Å². The molecule has 0 radical (unpaired) electrons. The molecule has 1 heterocycles. The van der Waals surface area contributed by atoms with E-state index in [1.165, 1.54) is 0 Å². The maximum atomic E-state index is 12.4. The third kappa shape index (κ3) is 3.65. The molecule has 1 amide bonds. The lowest BCUT2D eigenvalue weighted by Crippen LogP contribution is -2.45. The molecule has 1 unspecified atom stereocenters. The molecule has 0 bridgehead atoms. The number of anilines is 1. The highest BCUT2D eigenvalue weighted by molar-refractivity contribution is 5.80. The van der Waals surface area contributed by atoms with Gasteiger partial charge in [-0.3, -0.25) is 15.2 Å². The highest BCUT2D eigenvalue weighted by atomic mass is 16.5. The quantitative estimate of drug-likeness (QED) is 0.863. The standard InChI is InChI=1S/C18H20N2O2/c21-18(16-11-12-22-14-16)19-20(17-9-5-2-6-10-17)13-15-7-3-1-4-8-15/h1-10,16H,11-14H2,(H,19,21). The molecule has 0 aliphatic carbocycles. The lowest BCUT2D eigenvalue weighted by molar-refractivity contribution is -0.125. The van der Waals surface area contributed by atoms with Crippen molar-refractivity contribution in [3.05, 3.63) is 66.2 Å². The smallest absolute Gasteiger partial charge is 0.244 e. The number of hydrogen-bond donors (Lipinski definition) is 1. The monoisotopic (exact) mass is 296 g/mol. The summed E-state index contributed by atoms with van der Waals surface area (Å²) in [5.74, 6) is -0.0285. The predicted octanol–water partition coefficient (Wildman–Crippen LogP) is 2.76. The number of benzene rings is 2. The average Bonchev–Trinajstić information content (AvgIpc) is 3.11. The Morgan fingerprint density at radius 3 is 2.41 bits per heavy atom. The molecule has 1 N–H and O–H groups in total. The van der Waals surface area contributed by atoms with E-state index in [1.807, 2.05) is 53.5 Å². The van der Waals surface area contributed by atoms with E-state index in [0.29, 0.717) is 19.8 Å². The molecule has 4 heteroatoms. The molecule has 3 rings (SSSR count). The normalized spacial score (nSPS) is 17.2. The van der Waals surface area contributed by atoms with Crippen LogP contribution in [0, 0.1) is 5.92 Å². The number of ether oxygens (including phenoxy) is 1. The molecule has 114 valence electrons. The summed E-state index contributed by atoms with van der Waals surface area (Å²) in [4.78, 5) is 12.4. The van der Waals surface area contributed by atoms with Gasteiger partial charge in [-0.2, -0.15) is 0 Å². The van der Waals surface area contributed by atoms with E-state index in [-0.39, 0.29) is 11.8 Å². The zero-order valence-electron chi connectivity index (χ0n) is 12.4. The highest BCUT2D eigenvalue weighted by Gasteiger charge is 2.25. The molecular formula is C18H20N2O2. The van der Waals surface area contributed by atoms with E-state index >= 15 is 0 Å². The van der Waals surface area contributed by atoms with E-state index in [1.54, 1.807) is 0 Å². The molecule has 0 aromatic heterocycles. The molecule has 22 heavy (non-hydrogen) atoms. The summed E-state index contributed by atoms with van der Waals surface area (Å²) in [5.41, 5.74) is 5.16. The maximum absolute atomic E-state index is 12.4. The van der Waals surface area contributed by atoms with Crippen molar-refractivity contribution in [2.45, 2.75) is 13.0 Å². The second-order valence-electron chi connectivity index (χ2n) is 5.44. The van der Waals surface area contributed by atoms with Crippen molar-refractivity contribution < 1.29 is 9.53 Å². The third-order valence-corrected chi connectivity index (χ3v) is 3.80. The van der Waals surface area contributed by atoms with Crippen LogP contribution in [-0.4, -0.2) is 19.1 Å². The minimum Gasteiger partial charge on any atom is -0.381 e. The molecule has 1 atom stereocenters. The van der Waals surface area contributed by atoms with E-state index in [4.69, 9.17) is 4.74 Å². The first-order chi connectivity index (χ1) is 10.8. The van der Waals surface area contributed by atoms with Gasteiger partial charge in [0.2, 0.25) is 5.91 Å². The van der Waals surface area contributed by atoms with Gasteiger partial charge >= 0.3 is 0 Å². The van der Waals surface area contributed by atoms with Crippen LogP contribution in [0.4, 0.5) is 5.69 Å². The van der Waals surface area contributed by atoms with Gasteiger partial charge in [-0.05, 0) is 24.1 Å². The second-order valence-corrected chi connectivity index (χ2v) is 5.44. The Kier molecular flexibility index (Phi) is 4.71. The second kappa shape index (κ2) is 7.09. The first-order valence-electron chi connectivity index (χ1n) is 7.58. The van der Waals surface area contributed by atoms with Crippen LogP contribution >= 0.6 is 0 Å². The van der Waals surface area contributed by atoms with Gasteiger partial charge < -0.3 is 4.74 Å². The number of hydrazine groups is 1. The van der Waals surface area contributed by atoms with Crippen molar-refractivity contribution in [3.63, 3.8) is 0 Å². The zero-order valence-corrected chi connectivity index (χ0v) is 12.4. The summed E-state index contributed by atoms with van der Waals surface area (Å²) in [7, 11) is 0. The average molecular weight is 296 g/mol. The number of rotatable bonds is 5. The van der Waals surface area contributed by atoms with E-state index in [9.17, 15) is 4.79 Å². The summed E-state index contributed by atoms with van der Waals surface area (Å²) in [6.45, 7) is 1.81. The first-order valence-corrected chi connectivity index (χ1v) is 7.58. The minimum absolute atomic E-state index is 0.0253. The van der Waals surface area contributed by atoms with Crippen molar-refractivity contribution in [1.29, 1.82) is 0 Å². The largest absolute Gasteiger partial charge is 0.381 e. The Hall–Kier alpha value is -2.33. The van der Waals surface area contributed by atoms with Gasteiger partial charge in [0.1, 0.15) is 0 Å². The Balaban J connectivity index is 1.75. The Labute approximate surface area is 130 Å². The van der Waals surface area contributed by atoms with Crippen LogP contribution in [0.5, 0.6) is 0 Å². The van der Waals surface area contributed by atoms with Gasteiger partial charge in [-0.25, -0.2) is 0 Å². The summed E-state index contributed by atoms with van der Waals surface area (Å²) < 4.78 is 5.30. The lowest BCUT2D eigenvalue weighted by Gasteiger charge is -2.26. The zero-order chi connectivity index (χ0) is 15.2.